The van der Waals surface area contributed by atoms with Crippen molar-refractivity contribution in [1.82, 2.24) is 14.8 Å². The lowest BCUT2D eigenvalue weighted by atomic mass is 10.2. The molecule has 7 nitrogen and oxygen atoms in total. The number of amides is 3. The second kappa shape index (κ2) is 9.88. The zero-order valence-electron chi connectivity index (χ0n) is 19.8. The van der Waals surface area contributed by atoms with Crippen molar-refractivity contribution in [1.29, 1.82) is 0 Å². The zero-order chi connectivity index (χ0) is 25.4. The van der Waals surface area contributed by atoms with Gasteiger partial charge in [-0.3, -0.25) is 14.7 Å². The van der Waals surface area contributed by atoms with Gasteiger partial charge < -0.3 is 14.5 Å². The number of piperazine rings is 1. The number of rotatable bonds is 2. The molecule has 0 bridgehead atoms. The van der Waals surface area contributed by atoms with Crippen LogP contribution in [0, 0.1) is 0 Å². The smallest absolute Gasteiger partial charge is 0.325 e. The van der Waals surface area contributed by atoms with E-state index >= 15 is 0 Å². The maximum absolute atomic E-state index is 13.7. The summed E-state index contributed by atoms with van der Waals surface area (Å²) in [4.78, 5) is 38.2. The van der Waals surface area contributed by atoms with Crippen LogP contribution in [0.3, 0.4) is 0 Å². The minimum absolute atomic E-state index is 0.0199. The van der Waals surface area contributed by atoms with Crippen molar-refractivity contribution in [3.8, 4) is 22.1 Å². The van der Waals surface area contributed by atoms with E-state index in [1.807, 2.05) is 59.5 Å². The summed E-state index contributed by atoms with van der Waals surface area (Å²) in [5, 5.41) is 0.530. The molecule has 3 amide bonds. The largest absolute Gasteiger partial charge is 0.455 e. The van der Waals surface area contributed by atoms with Crippen LogP contribution in [0.1, 0.15) is 15.2 Å². The Bertz CT molecular complexity index is 1470. The molecule has 2 aromatic heterocycles. The Hall–Kier alpha value is -3.88. The number of pyridine rings is 1. The van der Waals surface area contributed by atoms with Gasteiger partial charge in [0.15, 0.2) is 5.75 Å². The Morgan fingerprint density at radius 3 is 2.46 bits per heavy atom. The van der Waals surface area contributed by atoms with E-state index in [0.717, 1.165) is 21.9 Å². The molecule has 2 aromatic carbocycles. The highest BCUT2D eigenvalue weighted by molar-refractivity contribution is 7.17. The third-order valence-corrected chi connectivity index (χ3v) is 7.87. The molecule has 6 rings (SSSR count). The number of benzene rings is 2. The van der Waals surface area contributed by atoms with E-state index in [1.165, 1.54) is 11.3 Å². The summed E-state index contributed by atoms with van der Waals surface area (Å²) in [6.45, 7) is 2.18. The van der Waals surface area contributed by atoms with Crippen LogP contribution in [-0.4, -0.2) is 52.9 Å². The van der Waals surface area contributed by atoms with Crippen LogP contribution < -0.4 is 9.64 Å². The van der Waals surface area contributed by atoms with Gasteiger partial charge in [0.2, 0.25) is 0 Å². The topological polar surface area (TPSA) is 66.0 Å². The second-order valence-electron chi connectivity index (χ2n) is 8.85. The van der Waals surface area contributed by atoms with Gasteiger partial charge in [0.1, 0.15) is 5.75 Å². The molecule has 2 aliphatic rings. The van der Waals surface area contributed by atoms with Gasteiger partial charge in [-0.05, 0) is 48.5 Å². The van der Waals surface area contributed by atoms with E-state index in [9.17, 15) is 9.59 Å². The maximum Gasteiger partial charge on any atom is 0.325 e. The number of urea groups is 1. The van der Waals surface area contributed by atoms with Crippen LogP contribution in [0.5, 0.6) is 11.5 Å². The molecule has 0 saturated carbocycles. The molecule has 0 aliphatic carbocycles. The fourth-order valence-electron chi connectivity index (χ4n) is 4.59. The number of carbonyl (C=O) groups is 2. The number of halogens is 1. The van der Waals surface area contributed by atoms with Crippen molar-refractivity contribution < 1.29 is 14.3 Å². The van der Waals surface area contributed by atoms with E-state index < -0.39 is 0 Å². The van der Waals surface area contributed by atoms with Crippen LogP contribution in [0.2, 0.25) is 5.02 Å². The first kappa shape index (κ1) is 23.5. The van der Waals surface area contributed by atoms with E-state index in [-0.39, 0.29) is 11.9 Å². The standard InChI is InChI=1S/C28H23ClN4O3S/c29-20-8-9-24-22(17-20)33(18-19-5-1-2-7-23(19)36-24)28(35)32-15-13-31(14-16-32)27(34)26-11-10-25(37-26)21-6-3-4-12-30-21/h1-12,17H,13-16,18H2. The Kier molecular flexibility index (Phi) is 6.28. The second-order valence-corrected chi connectivity index (χ2v) is 10.4. The third kappa shape index (κ3) is 4.65. The Labute approximate surface area is 223 Å². The molecule has 0 spiro atoms. The van der Waals surface area contributed by atoms with E-state index in [1.54, 1.807) is 34.2 Å². The van der Waals surface area contributed by atoms with E-state index in [4.69, 9.17) is 16.3 Å². The summed E-state index contributed by atoms with van der Waals surface area (Å²) in [5.41, 5.74) is 2.40. The van der Waals surface area contributed by atoms with Gasteiger partial charge in [0, 0.05) is 43.0 Å². The molecule has 0 atom stereocenters. The minimum atomic E-state index is -0.135. The summed E-state index contributed by atoms with van der Waals surface area (Å²) in [6.07, 6.45) is 1.74. The van der Waals surface area contributed by atoms with E-state index in [0.29, 0.717) is 54.1 Å². The fraction of sp³-hybridized carbons (Fsp3) is 0.179. The molecular formula is C28H23ClN4O3S. The third-order valence-electron chi connectivity index (χ3n) is 6.54. The maximum atomic E-state index is 13.7. The lowest BCUT2D eigenvalue weighted by molar-refractivity contribution is 0.0673. The van der Waals surface area contributed by atoms with Crippen LogP contribution >= 0.6 is 22.9 Å². The van der Waals surface area contributed by atoms with Crippen molar-refractivity contribution in [2.45, 2.75) is 6.54 Å². The highest BCUT2D eigenvalue weighted by Crippen LogP contribution is 2.40. The summed E-state index contributed by atoms with van der Waals surface area (Å²) < 4.78 is 6.13. The van der Waals surface area contributed by atoms with Crippen molar-refractivity contribution in [3.63, 3.8) is 0 Å². The molecular weight excluding hydrogens is 508 g/mol. The average Bonchev–Trinajstić information content (AvgIpc) is 3.37. The number of hydrogen-bond acceptors (Lipinski definition) is 5. The van der Waals surface area contributed by atoms with Crippen LogP contribution in [0.25, 0.3) is 10.6 Å². The number of aromatic nitrogens is 1. The lowest BCUT2D eigenvalue weighted by Gasteiger charge is -2.37. The molecule has 1 fully saturated rings. The summed E-state index contributed by atoms with van der Waals surface area (Å²) in [7, 11) is 0. The molecule has 2 aliphatic heterocycles. The monoisotopic (exact) mass is 530 g/mol. The Balaban J connectivity index is 1.17. The lowest BCUT2D eigenvalue weighted by Crippen LogP contribution is -2.54. The van der Waals surface area contributed by atoms with Crippen LogP contribution in [0.15, 0.2) is 79.0 Å². The fourth-order valence-corrected chi connectivity index (χ4v) is 5.71. The quantitative estimate of drug-likeness (QED) is 0.311. The average molecular weight is 531 g/mol. The van der Waals surface area contributed by atoms with Gasteiger partial charge in [-0.1, -0.05) is 35.9 Å². The van der Waals surface area contributed by atoms with Gasteiger partial charge in [-0.2, -0.15) is 0 Å². The molecule has 9 heteroatoms. The SMILES string of the molecule is O=C(c1ccc(-c2ccccn2)s1)N1CCN(C(=O)N2Cc3ccccc3Oc3ccc(Cl)cc32)CC1. The van der Waals surface area contributed by atoms with Crippen molar-refractivity contribution in [3.05, 3.63) is 94.5 Å². The number of carbonyl (C=O) groups excluding carboxylic acids is 2. The van der Waals surface area contributed by atoms with Crippen molar-refractivity contribution in [2.24, 2.45) is 0 Å². The molecule has 4 aromatic rings. The van der Waals surface area contributed by atoms with Gasteiger partial charge >= 0.3 is 6.03 Å². The highest BCUT2D eigenvalue weighted by atomic mass is 35.5. The Morgan fingerprint density at radius 2 is 1.65 bits per heavy atom. The van der Waals surface area contributed by atoms with Gasteiger partial charge in [0.25, 0.3) is 5.91 Å². The van der Waals surface area contributed by atoms with Gasteiger partial charge in [-0.25, -0.2) is 4.79 Å². The molecule has 0 N–H and O–H groups in total. The number of fused-ring (bicyclic) bond motifs is 2. The first-order valence-electron chi connectivity index (χ1n) is 12.0. The first-order chi connectivity index (χ1) is 18.1. The van der Waals surface area contributed by atoms with Gasteiger partial charge in [-0.15, -0.1) is 11.3 Å². The molecule has 0 radical (unpaired) electrons. The first-order valence-corrected chi connectivity index (χ1v) is 13.2. The van der Waals surface area contributed by atoms with Crippen molar-refractivity contribution >= 4 is 40.6 Å². The number of anilines is 1. The Morgan fingerprint density at radius 1 is 0.865 bits per heavy atom. The number of ether oxygens (including phenoxy) is 1. The molecule has 4 heterocycles. The predicted molar refractivity (Wildman–Crippen MR) is 145 cm³/mol. The molecule has 186 valence electrons. The normalized spacial score (nSPS) is 14.9. The predicted octanol–water partition coefficient (Wildman–Crippen LogP) is 6.15. The summed E-state index contributed by atoms with van der Waals surface area (Å²) in [6, 6.07) is 22.4. The number of thiophene rings is 1. The van der Waals surface area contributed by atoms with Crippen LogP contribution in [0.4, 0.5) is 10.5 Å². The summed E-state index contributed by atoms with van der Waals surface area (Å²) >= 11 is 7.73. The summed E-state index contributed by atoms with van der Waals surface area (Å²) in [5.74, 6) is 1.28. The zero-order valence-corrected chi connectivity index (χ0v) is 21.4. The molecule has 0 unspecified atom stereocenters. The number of nitrogens with zero attached hydrogens (tertiary/aromatic N) is 4. The van der Waals surface area contributed by atoms with E-state index in [2.05, 4.69) is 4.98 Å². The molecule has 37 heavy (non-hydrogen) atoms. The minimum Gasteiger partial charge on any atom is -0.455 e. The highest BCUT2D eigenvalue weighted by Gasteiger charge is 2.32. The number of hydrogen-bond donors (Lipinski definition) is 0. The number of para-hydroxylation sites is 1. The van der Waals surface area contributed by atoms with Crippen LogP contribution in [-0.2, 0) is 6.54 Å². The van der Waals surface area contributed by atoms with Gasteiger partial charge in [0.05, 0.1) is 27.7 Å². The molecule has 1 saturated heterocycles. The van der Waals surface area contributed by atoms with Crippen molar-refractivity contribution in [2.75, 3.05) is 31.1 Å².